The first-order valence-electron chi connectivity index (χ1n) is 4.45. The van der Waals surface area contributed by atoms with E-state index in [1.165, 1.54) is 12.2 Å². The van der Waals surface area contributed by atoms with Crippen molar-refractivity contribution in [2.24, 2.45) is 0 Å². The van der Waals surface area contributed by atoms with E-state index in [0.717, 1.165) is 6.54 Å². The first kappa shape index (κ1) is 12.3. The van der Waals surface area contributed by atoms with Gasteiger partial charge < -0.3 is 10.1 Å². The largest absolute Gasteiger partial charge is 0.380 e. The van der Waals surface area contributed by atoms with Crippen LogP contribution in [0.3, 0.4) is 0 Å². The van der Waals surface area contributed by atoms with Crippen molar-refractivity contribution in [3.8, 4) is 0 Å². The fourth-order valence-corrected chi connectivity index (χ4v) is 1.44. The van der Waals surface area contributed by atoms with Gasteiger partial charge in [-0.1, -0.05) is 0 Å². The molecule has 0 spiro atoms. The van der Waals surface area contributed by atoms with Gasteiger partial charge in [0, 0.05) is 19.7 Å². The van der Waals surface area contributed by atoms with Crippen LogP contribution in [0, 0.1) is 0 Å². The molecule has 0 aliphatic carbocycles. The Hall–Kier alpha value is 0.270. The second kappa shape index (κ2) is 7.90. The molecule has 2 atom stereocenters. The van der Waals surface area contributed by atoms with Crippen LogP contribution in [0.15, 0.2) is 0 Å². The van der Waals surface area contributed by atoms with Gasteiger partial charge in [-0.25, -0.2) is 0 Å². The molecule has 74 valence electrons. The van der Waals surface area contributed by atoms with E-state index in [2.05, 4.69) is 25.4 Å². The van der Waals surface area contributed by atoms with Crippen molar-refractivity contribution in [3.63, 3.8) is 0 Å². The van der Waals surface area contributed by atoms with Crippen molar-refractivity contribution in [1.29, 1.82) is 0 Å². The zero-order valence-electron chi connectivity index (χ0n) is 8.59. The highest BCUT2D eigenvalue weighted by Crippen LogP contribution is 1.99. The van der Waals surface area contributed by atoms with Gasteiger partial charge in [0.25, 0.3) is 0 Å². The van der Waals surface area contributed by atoms with Crippen molar-refractivity contribution in [3.05, 3.63) is 0 Å². The molecule has 0 rings (SSSR count). The number of hydrogen-bond donors (Lipinski definition) is 1. The Morgan fingerprint density at radius 2 is 2.08 bits per heavy atom. The van der Waals surface area contributed by atoms with E-state index < -0.39 is 0 Å². The zero-order chi connectivity index (χ0) is 9.40. The number of rotatable bonds is 7. The molecular weight excluding hydrogens is 170 g/mol. The summed E-state index contributed by atoms with van der Waals surface area (Å²) >= 11 is 1.90. The zero-order valence-corrected chi connectivity index (χ0v) is 9.41. The normalized spacial score (nSPS) is 16.0. The van der Waals surface area contributed by atoms with Gasteiger partial charge in [0.05, 0.1) is 6.10 Å². The first-order valence-corrected chi connectivity index (χ1v) is 5.85. The number of nitrogens with one attached hydrogen (secondary N) is 1. The van der Waals surface area contributed by atoms with E-state index >= 15 is 0 Å². The molecule has 0 fully saturated rings. The summed E-state index contributed by atoms with van der Waals surface area (Å²) in [5.74, 6) is 1.23. The topological polar surface area (TPSA) is 21.3 Å². The Labute approximate surface area is 80.4 Å². The van der Waals surface area contributed by atoms with Crippen LogP contribution in [0.4, 0.5) is 0 Å². The molecule has 0 aliphatic rings. The van der Waals surface area contributed by atoms with E-state index in [1.807, 2.05) is 11.8 Å². The van der Waals surface area contributed by atoms with Gasteiger partial charge in [0.15, 0.2) is 0 Å². The third-order valence-electron chi connectivity index (χ3n) is 1.91. The van der Waals surface area contributed by atoms with Crippen LogP contribution < -0.4 is 5.32 Å². The summed E-state index contributed by atoms with van der Waals surface area (Å²) in [5.41, 5.74) is 0. The van der Waals surface area contributed by atoms with E-state index in [4.69, 9.17) is 4.74 Å². The molecular formula is C9H21NOS. The summed E-state index contributed by atoms with van der Waals surface area (Å²) in [4.78, 5) is 0. The Morgan fingerprint density at radius 3 is 2.58 bits per heavy atom. The van der Waals surface area contributed by atoms with Gasteiger partial charge in [0.2, 0.25) is 0 Å². The first-order chi connectivity index (χ1) is 5.70. The molecule has 0 aromatic rings. The highest BCUT2D eigenvalue weighted by atomic mass is 32.2. The average Bonchev–Trinajstić information content (AvgIpc) is 2.10. The quantitative estimate of drug-likeness (QED) is 0.662. The molecule has 0 radical (unpaired) electrons. The van der Waals surface area contributed by atoms with Gasteiger partial charge in [-0.2, -0.15) is 11.8 Å². The highest BCUT2D eigenvalue weighted by molar-refractivity contribution is 7.98. The lowest BCUT2D eigenvalue weighted by Gasteiger charge is -2.16. The fraction of sp³-hybridized carbons (Fsp3) is 1.00. The lowest BCUT2D eigenvalue weighted by molar-refractivity contribution is 0.114. The summed E-state index contributed by atoms with van der Waals surface area (Å²) in [5, 5.41) is 3.43. The van der Waals surface area contributed by atoms with Crippen LogP contribution >= 0.6 is 11.8 Å². The Morgan fingerprint density at radius 1 is 1.42 bits per heavy atom. The molecule has 2 nitrogen and oxygen atoms in total. The van der Waals surface area contributed by atoms with Gasteiger partial charge >= 0.3 is 0 Å². The Bertz CT molecular complexity index is 101. The van der Waals surface area contributed by atoms with Gasteiger partial charge in [-0.05, 0) is 32.3 Å². The second-order valence-corrected chi connectivity index (χ2v) is 4.12. The number of ether oxygens (including phenoxy) is 1. The number of methoxy groups -OCH3 is 1. The third kappa shape index (κ3) is 6.95. The monoisotopic (exact) mass is 191 g/mol. The van der Waals surface area contributed by atoms with Gasteiger partial charge in [-0.3, -0.25) is 0 Å². The predicted molar refractivity (Wildman–Crippen MR) is 56.9 cm³/mol. The lowest BCUT2D eigenvalue weighted by Crippen LogP contribution is -2.33. The average molecular weight is 191 g/mol. The maximum Gasteiger partial charge on any atom is 0.0667 e. The van der Waals surface area contributed by atoms with Crippen molar-refractivity contribution in [1.82, 2.24) is 5.32 Å². The molecule has 0 bridgehead atoms. The van der Waals surface area contributed by atoms with Crippen molar-refractivity contribution >= 4 is 11.8 Å². The van der Waals surface area contributed by atoms with E-state index in [0.29, 0.717) is 12.1 Å². The van der Waals surface area contributed by atoms with Crippen LogP contribution in [0.2, 0.25) is 0 Å². The van der Waals surface area contributed by atoms with E-state index in [-0.39, 0.29) is 0 Å². The molecule has 0 aromatic carbocycles. The summed E-state index contributed by atoms with van der Waals surface area (Å²) < 4.78 is 5.14. The number of thioether (sulfide) groups is 1. The second-order valence-electron chi connectivity index (χ2n) is 3.14. The van der Waals surface area contributed by atoms with E-state index in [1.54, 1.807) is 7.11 Å². The van der Waals surface area contributed by atoms with Crippen LogP contribution in [0.25, 0.3) is 0 Å². The van der Waals surface area contributed by atoms with Crippen LogP contribution in [0.1, 0.15) is 20.3 Å². The Kier molecular flexibility index (Phi) is 8.07. The Balaban J connectivity index is 3.24. The summed E-state index contributed by atoms with van der Waals surface area (Å²) in [6, 6.07) is 0.607. The highest BCUT2D eigenvalue weighted by Gasteiger charge is 2.03. The molecule has 0 aromatic heterocycles. The molecule has 1 N–H and O–H groups in total. The maximum atomic E-state index is 5.14. The van der Waals surface area contributed by atoms with Crippen LogP contribution in [-0.4, -0.2) is 37.8 Å². The summed E-state index contributed by atoms with van der Waals surface area (Å²) in [7, 11) is 1.75. The molecule has 2 unspecified atom stereocenters. The fourth-order valence-electron chi connectivity index (χ4n) is 0.847. The molecule has 12 heavy (non-hydrogen) atoms. The molecule has 0 heterocycles. The smallest absolute Gasteiger partial charge is 0.0667 e. The van der Waals surface area contributed by atoms with Crippen LogP contribution in [0.5, 0.6) is 0 Å². The molecule has 0 aliphatic heterocycles. The molecule has 0 saturated heterocycles. The number of hydrogen-bond acceptors (Lipinski definition) is 3. The molecule has 3 heteroatoms. The van der Waals surface area contributed by atoms with Crippen molar-refractivity contribution < 1.29 is 4.74 Å². The predicted octanol–water partition coefficient (Wildman–Crippen LogP) is 1.75. The molecule has 0 amide bonds. The van der Waals surface area contributed by atoms with Crippen LogP contribution in [-0.2, 0) is 4.74 Å². The SMILES string of the molecule is COC(C)CNC(C)CCSC. The minimum atomic E-state index is 0.321. The van der Waals surface area contributed by atoms with Gasteiger partial charge in [0.1, 0.15) is 0 Å². The standard InChI is InChI=1S/C9H21NOS/c1-8(5-6-12-4)10-7-9(2)11-3/h8-10H,5-7H2,1-4H3. The molecule has 0 saturated carbocycles. The third-order valence-corrected chi connectivity index (χ3v) is 2.56. The lowest BCUT2D eigenvalue weighted by atomic mass is 10.2. The summed E-state index contributed by atoms with van der Waals surface area (Å²) in [6.07, 6.45) is 3.70. The van der Waals surface area contributed by atoms with E-state index in [9.17, 15) is 0 Å². The maximum absolute atomic E-state index is 5.14. The van der Waals surface area contributed by atoms with Gasteiger partial charge in [-0.15, -0.1) is 0 Å². The minimum Gasteiger partial charge on any atom is -0.380 e. The summed E-state index contributed by atoms with van der Waals surface area (Å²) in [6.45, 7) is 5.25. The minimum absolute atomic E-state index is 0.321. The van der Waals surface area contributed by atoms with Crippen molar-refractivity contribution in [2.45, 2.75) is 32.4 Å². The van der Waals surface area contributed by atoms with Crippen molar-refractivity contribution in [2.75, 3.05) is 25.7 Å².